The van der Waals surface area contributed by atoms with Crippen molar-refractivity contribution in [2.75, 3.05) is 7.11 Å². The molecule has 0 fully saturated rings. The first-order valence-electron chi connectivity index (χ1n) is 5.88. The molecule has 3 N–H and O–H groups in total. The molecule has 0 spiro atoms. The average Bonchev–Trinajstić information content (AvgIpc) is 2.69. The highest BCUT2D eigenvalue weighted by molar-refractivity contribution is 5.76. The molecular formula is C13H19N3O. The first kappa shape index (κ1) is 11.9. The zero-order chi connectivity index (χ0) is 12.4. The molecule has 0 saturated carbocycles. The zero-order valence-corrected chi connectivity index (χ0v) is 10.5. The number of nitrogens with zero attached hydrogens (tertiary/aromatic N) is 1. The normalized spacial score (nSPS) is 13.2. The number of methoxy groups -OCH3 is 1. The summed E-state index contributed by atoms with van der Waals surface area (Å²) < 4.78 is 5.18. The first-order valence-corrected chi connectivity index (χ1v) is 5.88. The third-order valence-corrected chi connectivity index (χ3v) is 3.02. The monoisotopic (exact) mass is 233 g/mol. The Hall–Kier alpha value is -1.55. The highest BCUT2D eigenvalue weighted by Gasteiger charge is 2.11. The molecule has 4 nitrogen and oxygen atoms in total. The number of ether oxygens (including phenoxy) is 1. The van der Waals surface area contributed by atoms with Gasteiger partial charge in [0, 0.05) is 18.5 Å². The van der Waals surface area contributed by atoms with Gasteiger partial charge in [-0.3, -0.25) is 0 Å². The number of aromatic amines is 1. The van der Waals surface area contributed by atoms with E-state index in [0.29, 0.717) is 5.92 Å². The van der Waals surface area contributed by atoms with Crippen molar-refractivity contribution in [3.05, 3.63) is 24.0 Å². The Morgan fingerprint density at radius 1 is 1.41 bits per heavy atom. The number of fused-ring (bicyclic) bond motifs is 1. The lowest BCUT2D eigenvalue weighted by molar-refractivity contribution is 0.415. The molecule has 0 aliphatic heterocycles. The van der Waals surface area contributed by atoms with E-state index in [2.05, 4.69) is 23.8 Å². The van der Waals surface area contributed by atoms with Gasteiger partial charge in [-0.2, -0.15) is 0 Å². The lowest BCUT2D eigenvalue weighted by Crippen LogP contribution is -2.29. The quantitative estimate of drug-likeness (QED) is 0.850. The average molecular weight is 233 g/mol. The molecule has 1 aromatic carbocycles. The predicted octanol–water partition coefficient (Wildman–Crippen LogP) is 2.10. The van der Waals surface area contributed by atoms with E-state index >= 15 is 0 Å². The molecule has 0 amide bonds. The fraction of sp³-hybridized carbons (Fsp3) is 0.462. The molecule has 0 radical (unpaired) electrons. The van der Waals surface area contributed by atoms with Crippen LogP contribution >= 0.6 is 0 Å². The van der Waals surface area contributed by atoms with E-state index in [1.807, 2.05) is 18.2 Å². The van der Waals surface area contributed by atoms with Crippen molar-refractivity contribution in [3.63, 3.8) is 0 Å². The van der Waals surface area contributed by atoms with E-state index in [1.54, 1.807) is 7.11 Å². The van der Waals surface area contributed by atoms with Gasteiger partial charge in [-0.05, 0) is 18.1 Å². The maximum absolute atomic E-state index is 6.04. The van der Waals surface area contributed by atoms with Gasteiger partial charge in [-0.15, -0.1) is 0 Å². The number of nitrogens with one attached hydrogen (secondary N) is 1. The highest BCUT2D eigenvalue weighted by atomic mass is 16.5. The second-order valence-electron chi connectivity index (χ2n) is 4.68. The van der Waals surface area contributed by atoms with Crippen LogP contribution in [0.5, 0.6) is 5.75 Å². The number of nitrogens with two attached hydrogens (primary N) is 1. The Bertz CT molecular complexity index is 504. The molecule has 1 aromatic heterocycles. The van der Waals surface area contributed by atoms with Crippen LogP contribution in [0, 0.1) is 5.92 Å². The number of benzene rings is 1. The van der Waals surface area contributed by atoms with Crippen molar-refractivity contribution in [2.24, 2.45) is 11.7 Å². The molecule has 0 aliphatic carbocycles. The van der Waals surface area contributed by atoms with E-state index in [-0.39, 0.29) is 6.04 Å². The molecule has 1 atom stereocenters. The van der Waals surface area contributed by atoms with Crippen molar-refractivity contribution in [2.45, 2.75) is 26.3 Å². The Morgan fingerprint density at radius 3 is 2.82 bits per heavy atom. The van der Waals surface area contributed by atoms with Crippen LogP contribution in [-0.4, -0.2) is 23.1 Å². The van der Waals surface area contributed by atoms with Crippen LogP contribution < -0.4 is 10.5 Å². The van der Waals surface area contributed by atoms with E-state index in [4.69, 9.17) is 10.5 Å². The molecule has 1 unspecified atom stereocenters. The topological polar surface area (TPSA) is 63.9 Å². The maximum atomic E-state index is 6.04. The summed E-state index contributed by atoms with van der Waals surface area (Å²) in [6.45, 7) is 4.24. The van der Waals surface area contributed by atoms with Crippen LogP contribution in [0.15, 0.2) is 18.2 Å². The number of aromatic nitrogens is 2. The van der Waals surface area contributed by atoms with Crippen LogP contribution in [0.2, 0.25) is 0 Å². The number of imidazole rings is 1. The Labute approximate surface area is 101 Å². The summed E-state index contributed by atoms with van der Waals surface area (Å²) in [5.41, 5.74) is 7.99. The molecule has 1 heterocycles. The number of H-pyrrole nitrogens is 1. The van der Waals surface area contributed by atoms with Crippen molar-refractivity contribution in [3.8, 4) is 5.75 Å². The van der Waals surface area contributed by atoms with E-state index in [1.165, 1.54) is 0 Å². The smallest absolute Gasteiger partial charge is 0.121 e. The SMILES string of the molecule is COc1ccc2nc(CC(N)C(C)C)[nH]c2c1. The van der Waals surface area contributed by atoms with Crippen LogP contribution in [-0.2, 0) is 6.42 Å². The van der Waals surface area contributed by atoms with Gasteiger partial charge < -0.3 is 15.5 Å². The molecule has 0 aliphatic rings. The van der Waals surface area contributed by atoms with Crippen molar-refractivity contribution < 1.29 is 4.74 Å². The molecule has 2 rings (SSSR count). The lowest BCUT2D eigenvalue weighted by atomic mass is 10.0. The summed E-state index contributed by atoms with van der Waals surface area (Å²) in [6.07, 6.45) is 0.772. The standard InChI is InChI=1S/C13H19N3O/c1-8(2)10(14)7-13-15-11-5-4-9(17-3)6-12(11)16-13/h4-6,8,10H,7,14H2,1-3H3,(H,15,16). The second kappa shape index (κ2) is 4.75. The fourth-order valence-electron chi connectivity index (χ4n) is 1.72. The number of hydrogen-bond donors (Lipinski definition) is 2. The molecule has 0 saturated heterocycles. The van der Waals surface area contributed by atoms with Crippen LogP contribution in [0.3, 0.4) is 0 Å². The minimum atomic E-state index is 0.137. The minimum Gasteiger partial charge on any atom is -0.497 e. The predicted molar refractivity (Wildman–Crippen MR) is 69.2 cm³/mol. The van der Waals surface area contributed by atoms with Gasteiger partial charge >= 0.3 is 0 Å². The summed E-state index contributed by atoms with van der Waals surface area (Å²) in [7, 11) is 1.66. The molecule has 2 aromatic rings. The molecule has 0 bridgehead atoms. The highest BCUT2D eigenvalue weighted by Crippen LogP contribution is 2.19. The number of rotatable bonds is 4. The van der Waals surface area contributed by atoms with E-state index < -0.39 is 0 Å². The minimum absolute atomic E-state index is 0.137. The molecular weight excluding hydrogens is 214 g/mol. The largest absolute Gasteiger partial charge is 0.497 e. The van der Waals surface area contributed by atoms with Crippen LogP contribution in [0.4, 0.5) is 0 Å². The van der Waals surface area contributed by atoms with Crippen molar-refractivity contribution in [1.29, 1.82) is 0 Å². The maximum Gasteiger partial charge on any atom is 0.121 e. The zero-order valence-electron chi connectivity index (χ0n) is 10.5. The lowest BCUT2D eigenvalue weighted by Gasteiger charge is -2.13. The van der Waals surface area contributed by atoms with Gasteiger partial charge in [0.1, 0.15) is 11.6 Å². The third-order valence-electron chi connectivity index (χ3n) is 3.02. The van der Waals surface area contributed by atoms with Gasteiger partial charge in [0.25, 0.3) is 0 Å². The molecule has 92 valence electrons. The van der Waals surface area contributed by atoms with Gasteiger partial charge in [-0.25, -0.2) is 4.98 Å². The Kier molecular flexibility index (Phi) is 3.33. The second-order valence-corrected chi connectivity index (χ2v) is 4.68. The van der Waals surface area contributed by atoms with Crippen molar-refractivity contribution in [1.82, 2.24) is 9.97 Å². The summed E-state index contributed by atoms with van der Waals surface area (Å²) in [6, 6.07) is 5.95. The summed E-state index contributed by atoms with van der Waals surface area (Å²) >= 11 is 0. The third kappa shape index (κ3) is 2.58. The Morgan fingerprint density at radius 2 is 2.18 bits per heavy atom. The van der Waals surface area contributed by atoms with Crippen LogP contribution in [0.25, 0.3) is 11.0 Å². The van der Waals surface area contributed by atoms with Gasteiger partial charge in [0.05, 0.1) is 18.1 Å². The fourth-order valence-corrected chi connectivity index (χ4v) is 1.72. The molecule has 4 heteroatoms. The van der Waals surface area contributed by atoms with Crippen molar-refractivity contribution >= 4 is 11.0 Å². The van der Waals surface area contributed by atoms with Gasteiger partial charge in [-0.1, -0.05) is 13.8 Å². The summed E-state index contributed by atoms with van der Waals surface area (Å²) in [4.78, 5) is 7.80. The number of hydrogen-bond acceptors (Lipinski definition) is 3. The summed E-state index contributed by atoms with van der Waals surface area (Å²) in [5, 5.41) is 0. The molecule has 17 heavy (non-hydrogen) atoms. The van der Waals surface area contributed by atoms with Crippen LogP contribution in [0.1, 0.15) is 19.7 Å². The summed E-state index contributed by atoms with van der Waals surface area (Å²) in [5.74, 6) is 2.23. The van der Waals surface area contributed by atoms with E-state index in [0.717, 1.165) is 29.0 Å². The van der Waals surface area contributed by atoms with Gasteiger partial charge in [0.2, 0.25) is 0 Å². The first-order chi connectivity index (χ1) is 8.10. The van der Waals surface area contributed by atoms with Gasteiger partial charge in [0.15, 0.2) is 0 Å². The van der Waals surface area contributed by atoms with E-state index in [9.17, 15) is 0 Å². The Balaban J connectivity index is 2.25.